The average molecular weight is 415 g/mol. The first-order valence-corrected chi connectivity index (χ1v) is 9.77. The Hall–Kier alpha value is -3.16. The number of nitrogens with one attached hydrogen (secondary N) is 1. The Labute approximate surface area is 171 Å². The maximum absolute atomic E-state index is 13.8. The Kier molecular flexibility index (Phi) is 5.57. The summed E-state index contributed by atoms with van der Waals surface area (Å²) in [5, 5.41) is 2.45. The van der Waals surface area contributed by atoms with Crippen LogP contribution in [0.25, 0.3) is 10.9 Å². The molecule has 0 unspecified atom stereocenters. The molecule has 1 amide bonds. The van der Waals surface area contributed by atoms with Gasteiger partial charge in [-0.3, -0.25) is 9.78 Å². The number of para-hydroxylation sites is 1. The van der Waals surface area contributed by atoms with Crippen molar-refractivity contribution in [3.8, 4) is 5.88 Å². The number of pyridine rings is 2. The lowest BCUT2D eigenvalue weighted by Crippen LogP contribution is -2.27. The molecular formula is C22H20F3N3O2. The monoisotopic (exact) mass is 415 g/mol. The number of benzene rings is 1. The molecular weight excluding hydrogens is 395 g/mol. The highest BCUT2D eigenvalue weighted by Crippen LogP contribution is 2.36. The van der Waals surface area contributed by atoms with Gasteiger partial charge in [-0.1, -0.05) is 24.3 Å². The van der Waals surface area contributed by atoms with E-state index in [0.29, 0.717) is 11.4 Å². The van der Waals surface area contributed by atoms with Gasteiger partial charge >= 0.3 is 6.18 Å². The van der Waals surface area contributed by atoms with Crippen LogP contribution in [-0.4, -0.2) is 22.0 Å². The van der Waals surface area contributed by atoms with Crippen molar-refractivity contribution in [3.63, 3.8) is 0 Å². The highest BCUT2D eigenvalue weighted by molar-refractivity contribution is 6.00. The van der Waals surface area contributed by atoms with E-state index in [9.17, 15) is 18.0 Å². The second-order valence-electron chi connectivity index (χ2n) is 7.24. The Morgan fingerprint density at radius 3 is 2.63 bits per heavy atom. The summed E-state index contributed by atoms with van der Waals surface area (Å²) >= 11 is 0. The molecule has 8 heteroatoms. The Morgan fingerprint density at radius 1 is 1.10 bits per heavy atom. The predicted octanol–water partition coefficient (Wildman–Crippen LogP) is 4.90. The number of nitrogens with zero attached hydrogens (tertiary/aromatic N) is 2. The molecule has 1 saturated carbocycles. The number of amides is 1. The fraction of sp³-hybridized carbons (Fsp3) is 0.318. The van der Waals surface area contributed by atoms with Crippen LogP contribution in [-0.2, 0) is 12.7 Å². The zero-order valence-corrected chi connectivity index (χ0v) is 16.1. The molecule has 0 spiro atoms. The number of fused-ring (bicyclic) bond motifs is 1. The Bertz CT molecular complexity index is 1060. The topological polar surface area (TPSA) is 64.1 Å². The van der Waals surface area contributed by atoms with Crippen molar-refractivity contribution in [3.05, 3.63) is 65.5 Å². The zero-order valence-electron chi connectivity index (χ0n) is 16.1. The number of alkyl halides is 3. The van der Waals surface area contributed by atoms with Crippen molar-refractivity contribution in [2.45, 2.75) is 44.5 Å². The third-order valence-electron chi connectivity index (χ3n) is 5.17. The number of carbonyl (C=O) groups excluding carboxylic acids is 1. The number of hydrogen-bond acceptors (Lipinski definition) is 4. The first kappa shape index (κ1) is 20.1. The van der Waals surface area contributed by atoms with Gasteiger partial charge in [0.2, 0.25) is 5.88 Å². The number of hydrogen-bond donors (Lipinski definition) is 1. The van der Waals surface area contributed by atoms with Crippen LogP contribution < -0.4 is 10.1 Å². The van der Waals surface area contributed by atoms with E-state index < -0.39 is 23.2 Å². The molecule has 0 aliphatic heterocycles. The molecule has 0 atom stereocenters. The van der Waals surface area contributed by atoms with Gasteiger partial charge in [-0.25, -0.2) is 4.98 Å². The van der Waals surface area contributed by atoms with Gasteiger partial charge in [-0.2, -0.15) is 13.2 Å². The molecule has 1 fully saturated rings. The molecule has 5 nitrogen and oxygen atoms in total. The van der Waals surface area contributed by atoms with Gasteiger partial charge in [0.1, 0.15) is 6.10 Å². The van der Waals surface area contributed by atoms with Gasteiger partial charge in [0.05, 0.1) is 16.6 Å². The SMILES string of the molecule is O=C(NCc1cccnc1OC1CCCC1)c1cnc2ccccc2c1C(F)(F)F. The van der Waals surface area contributed by atoms with Crippen LogP contribution in [0.15, 0.2) is 48.8 Å². The highest BCUT2D eigenvalue weighted by Gasteiger charge is 2.37. The lowest BCUT2D eigenvalue weighted by molar-refractivity contribution is -0.136. The van der Waals surface area contributed by atoms with Gasteiger partial charge in [0.25, 0.3) is 5.91 Å². The van der Waals surface area contributed by atoms with Crippen molar-refractivity contribution in [2.75, 3.05) is 0 Å². The maximum atomic E-state index is 13.8. The van der Waals surface area contributed by atoms with Gasteiger partial charge in [-0.05, 0) is 37.8 Å². The molecule has 0 saturated heterocycles. The lowest BCUT2D eigenvalue weighted by atomic mass is 10.0. The Morgan fingerprint density at radius 2 is 1.87 bits per heavy atom. The van der Waals surface area contributed by atoms with E-state index in [1.165, 1.54) is 18.2 Å². The van der Waals surface area contributed by atoms with E-state index in [-0.39, 0.29) is 23.6 Å². The molecule has 2 aromatic heterocycles. The summed E-state index contributed by atoms with van der Waals surface area (Å²) in [5.74, 6) is -0.450. The normalized spacial score (nSPS) is 14.8. The van der Waals surface area contributed by atoms with E-state index in [1.807, 2.05) is 0 Å². The van der Waals surface area contributed by atoms with Crippen LogP contribution in [0.3, 0.4) is 0 Å². The molecule has 0 bridgehead atoms. The molecule has 1 aliphatic carbocycles. The van der Waals surface area contributed by atoms with Crippen molar-refractivity contribution in [1.29, 1.82) is 0 Å². The highest BCUT2D eigenvalue weighted by atomic mass is 19.4. The van der Waals surface area contributed by atoms with Crippen LogP contribution in [0.4, 0.5) is 13.2 Å². The molecule has 3 aromatic rings. The molecule has 1 aromatic carbocycles. The van der Waals surface area contributed by atoms with Crippen LogP contribution in [0.5, 0.6) is 5.88 Å². The van der Waals surface area contributed by atoms with Gasteiger partial charge < -0.3 is 10.1 Å². The molecule has 156 valence electrons. The number of halogens is 3. The van der Waals surface area contributed by atoms with E-state index >= 15 is 0 Å². The van der Waals surface area contributed by atoms with E-state index in [1.54, 1.807) is 24.4 Å². The van der Waals surface area contributed by atoms with Crippen molar-refractivity contribution >= 4 is 16.8 Å². The van der Waals surface area contributed by atoms with Crippen LogP contribution >= 0.6 is 0 Å². The first-order chi connectivity index (χ1) is 14.4. The summed E-state index contributed by atoms with van der Waals surface area (Å²) < 4.78 is 47.2. The molecule has 1 N–H and O–H groups in total. The molecule has 4 rings (SSSR count). The second-order valence-corrected chi connectivity index (χ2v) is 7.24. The second kappa shape index (κ2) is 8.30. The van der Waals surface area contributed by atoms with Crippen LogP contribution in [0.1, 0.15) is 47.2 Å². The minimum Gasteiger partial charge on any atom is -0.474 e. The Balaban J connectivity index is 1.58. The zero-order chi connectivity index (χ0) is 21.1. The summed E-state index contributed by atoms with van der Waals surface area (Å²) in [6.07, 6.45) is 2.03. The largest absolute Gasteiger partial charge is 0.474 e. The maximum Gasteiger partial charge on any atom is 0.417 e. The number of aromatic nitrogens is 2. The van der Waals surface area contributed by atoms with Crippen molar-refractivity contribution in [1.82, 2.24) is 15.3 Å². The quantitative estimate of drug-likeness (QED) is 0.644. The molecule has 0 radical (unpaired) electrons. The average Bonchev–Trinajstić information content (AvgIpc) is 3.24. The smallest absolute Gasteiger partial charge is 0.417 e. The summed E-state index contributed by atoms with van der Waals surface area (Å²) in [6.45, 7) is -0.00114. The van der Waals surface area contributed by atoms with Crippen molar-refractivity contribution in [2.24, 2.45) is 0 Å². The lowest BCUT2D eigenvalue weighted by Gasteiger charge is -2.17. The van der Waals surface area contributed by atoms with E-state index in [0.717, 1.165) is 31.9 Å². The summed E-state index contributed by atoms with van der Waals surface area (Å²) in [6, 6.07) is 9.32. The fourth-order valence-corrected chi connectivity index (χ4v) is 3.72. The molecule has 30 heavy (non-hydrogen) atoms. The summed E-state index contributed by atoms with van der Waals surface area (Å²) in [7, 11) is 0. The van der Waals surface area contributed by atoms with Gasteiger partial charge in [-0.15, -0.1) is 0 Å². The van der Waals surface area contributed by atoms with Crippen molar-refractivity contribution < 1.29 is 22.7 Å². The van der Waals surface area contributed by atoms with Crippen LogP contribution in [0.2, 0.25) is 0 Å². The van der Waals surface area contributed by atoms with E-state index in [2.05, 4.69) is 15.3 Å². The molecule has 2 heterocycles. The minimum absolute atomic E-state index is 0.00114. The van der Waals surface area contributed by atoms with E-state index in [4.69, 9.17) is 4.74 Å². The summed E-state index contributed by atoms with van der Waals surface area (Å²) in [4.78, 5) is 20.9. The summed E-state index contributed by atoms with van der Waals surface area (Å²) in [5.41, 5.74) is -0.705. The van der Waals surface area contributed by atoms with Crippen LogP contribution in [0, 0.1) is 0 Å². The first-order valence-electron chi connectivity index (χ1n) is 9.77. The number of rotatable bonds is 5. The predicted molar refractivity (Wildman–Crippen MR) is 105 cm³/mol. The molecule has 1 aliphatic rings. The fourth-order valence-electron chi connectivity index (χ4n) is 3.72. The number of carbonyl (C=O) groups is 1. The number of ether oxygens (including phenoxy) is 1. The van der Waals surface area contributed by atoms with Gasteiger partial charge in [0, 0.05) is 29.9 Å². The third-order valence-corrected chi connectivity index (χ3v) is 5.17. The standard InChI is InChI=1S/C22H20F3N3O2/c23-22(24,25)19-16-9-3-4-10-18(16)27-13-17(19)20(29)28-12-14-6-5-11-26-21(14)30-15-7-1-2-8-15/h3-6,9-11,13,15H,1-2,7-8,12H2,(H,28,29). The third kappa shape index (κ3) is 4.22. The minimum atomic E-state index is -4.69. The van der Waals surface area contributed by atoms with Gasteiger partial charge in [0.15, 0.2) is 0 Å².